The van der Waals surface area contributed by atoms with E-state index in [4.69, 9.17) is 5.73 Å². The van der Waals surface area contributed by atoms with Crippen molar-refractivity contribution in [2.45, 2.75) is 19.3 Å². The quantitative estimate of drug-likeness (QED) is 0.747. The minimum absolute atomic E-state index is 0.421. The first-order valence-corrected chi connectivity index (χ1v) is 9.43. The Bertz CT molecular complexity index is 947. The number of carbonyl (C=O) groups is 1. The van der Waals surface area contributed by atoms with E-state index in [0.29, 0.717) is 5.56 Å². The summed E-state index contributed by atoms with van der Waals surface area (Å²) in [6.07, 6.45) is 5.22. The summed E-state index contributed by atoms with van der Waals surface area (Å²) in [4.78, 5) is 19.1. The van der Waals surface area contributed by atoms with Gasteiger partial charge in [0.1, 0.15) is 5.82 Å². The molecule has 2 aromatic carbocycles. The number of amides is 1. The Morgan fingerprint density at radius 2 is 1.56 bits per heavy atom. The van der Waals surface area contributed by atoms with Crippen LogP contribution in [0.5, 0.6) is 0 Å². The zero-order chi connectivity index (χ0) is 18.6. The summed E-state index contributed by atoms with van der Waals surface area (Å²) in [5.74, 6) is 0.437. The molecule has 1 aliphatic rings. The topological polar surface area (TPSA) is 59.2 Å². The van der Waals surface area contributed by atoms with Crippen LogP contribution in [0.25, 0.3) is 22.3 Å². The van der Waals surface area contributed by atoms with E-state index >= 15 is 0 Å². The summed E-state index contributed by atoms with van der Waals surface area (Å²) in [6.45, 7) is 1.92. The van der Waals surface area contributed by atoms with E-state index in [2.05, 4.69) is 34.1 Å². The number of hydrogen-bond donors (Lipinski definition) is 1. The summed E-state index contributed by atoms with van der Waals surface area (Å²) in [7, 11) is 0. The molecule has 1 saturated heterocycles. The Kier molecular flexibility index (Phi) is 4.88. The highest BCUT2D eigenvalue weighted by atomic mass is 16.1. The minimum atomic E-state index is -0.421. The number of aromatic nitrogens is 1. The van der Waals surface area contributed by atoms with E-state index in [1.807, 2.05) is 30.3 Å². The molecule has 27 heavy (non-hydrogen) atoms. The number of pyridine rings is 1. The highest BCUT2D eigenvalue weighted by Crippen LogP contribution is 2.35. The van der Waals surface area contributed by atoms with Gasteiger partial charge in [-0.05, 0) is 48.1 Å². The van der Waals surface area contributed by atoms with Gasteiger partial charge in [0, 0.05) is 24.8 Å². The number of rotatable bonds is 4. The Morgan fingerprint density at radius 3 is 2.30 bits per heavy atom. The largest absolute Gasteiger partial charge is 0.366 e. The SMILES string of the molecule is NC(=O)c1ccnc(N2CCCCC2)c1-c1cccc(-c2ccccc2)c1. The van der Waals surface area contributed by atoms with Crippen molar-refractivity contribution in [1.82, 2.24) is 4.98 Å². The van der Waals surface area contributed by atoms with Crippen molar-refractivity contribution >= 4 is 11.7 Å². The molecule has 0 atom stereocenters. The van der Waals surface area contributed by atoms with Crippen molar-refractivity contribution in [1.29, 1.82) is 0 Å². The molecule has 1 fully saturated rings. The van der Waals surface area contributed by atoms with Crippen LogP contribution in [-0.4, -0.2) is 24.0 Å². The van der Waals surface area contributed by atoms with Crippen LogP contribution in [0.4, 0.5) is 5.82 Å². The van der Waals surface area contributed by atoms with E-state index in [1.54, 1.807) is 12.3 Å². The molecule has 0 spiro atoms. The normalized spacial score (nSPS) is 14.1. The zero-order valence-electron chi connectivity index (χ0n) is 15.3. The lowest BCUT2D eigenvalue weighted by molar-refractivity contribution is 0.100. The Hall–Kier alpha value is -3.14. The maximum absolute atomic E-state index is 12.2. The lowest BCUT2D eigenvalue weighted by Gasteiger charge is -2.30. The fourth-order valence-electron chi connectivity index (χ4n) is 3.77. The molecule has 4 rings (SSSR count). The van der Waals surface area contributed by atoms with E-state index in [1.165, 1.54) is 6.42 Å². The summed E-state index contributed by atoms with van der Waals surface area (Å²) >= 11 is 0. The second-order valence-corrected chi connectivity index (χ2v) is 6.92. The molecule has 2 heterocycles. The molecule has 4 nitrogen and oxygen atoms in total. The van der Waals surface area contributed by atoms with Gasteiger partial charge in [0.25, 0.3) is 0 Å². The number of nitrogens with zero attached hydrogens (tertiary/aromatic N) is 2. The highest BCUT2D eigenvalue weighted by Gasteiger charge is 2.21. The van der Waals surface area contributed by atoms with E-state index in [0.717, 1.165) is 54.0 Å². The minimum Gasteiger partial charge on any atom is -0.366 e. The van der Waals surface area contributed by atoms with Gasteiger partial charge in [0.2, 0.25) is 5.91 Å². The average molecular weight is 357 g/mol. The van der Waals surface area contributed by atoms with Gasteiger partial charge in [-0.3, -0.25) is 4.79 Å². The molecular weight excluding hydrogens is 334 g/mol. The van der Waals surface area contributed by atoms with Crippen molar-refractivity contribution in [3.63, 3.8) is 0 Å². The van der Waals surface area contributed by atoms with Gasteiger partial charge in [0.15, 0.2) is 0 Å². The predicted molar refractivity (Wildman–Crippen MR) is 110 cm³/mol. The number of carbonyl (C=O) groups excluding carboxylic acids is 1. The van der Waals surface area contributed by atoms with Gasteiger partial charge in [-0.15, -0.1) is 0 Å². The first kappa shape index (κ1) is 17.3. The van der Waals surface area contributed by atoms with Gasteiger partial charge >= 0.3 is 0 Å². The smallest absolute Gasteiger partial charge is 0.249 e. The molecule has 136 valence electrons. The van der Waals surface area contributed by atoms with Crippen LogP contribution in [-0.2, 0) is 0 Å². The molecule has 3 aromatic rings. The van der Waals surface area contributed by atoms with Crippen molar-refractivity contribution in [3.8, 4) is 22.3 Å². The third-order valence-corrected chi connectivity index (χ3v) is 5.11. The standard InChI is InChI=1S/C23H23N3O/c24-22(27)20-12-13-25-23(26-14-5-2-6-15-26)21(20)19-11-7-10-18(16-19)17-8-3-1-4-9-17/h1,3-4,7-13,16H,2,5-6,14-15H2,(H2,24,27). The summed E-state index contributed by atoms with van der Waals surface area (Å²) < 4.78 is 0. The van der Waals surface area contributed by atoms with E-state index in [-0.39, 0.29) is 0 Å². The second kappa shape index (κ2) is 7.62. The monoisotopic (exact) mass is 357 g/mol. The maximum atomic E-state index is 12.2. The molecule has 4 heteroatoms. The first-order chi connectivity index (χ1) is 13.2. The lowest BCUT2D eigenvalue weighted by atomic mass is 9.95. The van der Waals surface area contributed by atoms with Crippen LogP contribution in [0.15, 0.2) is 66.9 Å². The molecule has 0 aliphatic carbocycles. The van der Waals surface area contributed by atoms with E-state index in [9.17, 15) is 4.79 Å². The first-order valence-electron chi connectivity index (χ1n) is 9.43. The number of hydrogen-bond acceptors (Lipinski definition) is 3. The van der Waals surface area contributed by atoms with Crippen LogP contribution in [0, 0.1) is 0 Å². The fraction of sp³-hybridized carbons (Fsp3) is 0.217. The fourth-order valence-corrected chi connectivity index (χ4v) is 3.77. The van der Waals surface area contributed by atoms with Crippen molar-refractivity contribution in [2.75, 3.05) is 18.0 Å². The van der Waals surface area contributed by atoms with Crippen LogP contribution in [0.2, 0.25) is 0 Å². The van der Waals surface area contributed by atoms with Crippen molar-refractivity contribution in [3.05, 3.63) is 72.4 Å². The van der Waals surface area contributed by atoms with Crippen molar-refractivity contribution < 1.29 is 4.79 Å². The highest BCUT2D eigenvalue weighted by molar-refractivity contribution is 6.03. The predicted octanol–water partition coefficient (Wildman–Crippen LogP) is 4.50. The maximum Gasteiger partial charge on any atom is 0.249 e. The number of anilines is 1. The van der Waals surface area contributed by atoms with E-state index < -0.39 is 5.91 Å². The Morgan fingerprint density at radius 1 is 0.852 bits per heavy atom. The van der Waals surface area contributed by atoms with Gasteiger partial charge in [-0.2, -0.15) is 0 Å². The number of piperidine rings is 1. The van der Waals surface area contributed by atoms with Gasteiger partial charge in [0.05, 0.1) is 5.56 Å². The van der Waals surface area contributed by atoms with Crippen LogP contribution in [0.1, 0.15) is 29.6 Å². The number of nitrogens with two attached hydrogens (primary N) is 1. The Labute approximate surface area is 159 Å². The third-order valence-electron chi connectivity index (χ3n) is 5.11. The zero-order valence-corrected chi connectivity index (χ0v) is 15.3. The van der Waals surface area contributed by atoms with Crippen molar-refractivity contribution in [2.24, 2.45) is 5.73 Å². The molecular formula is C23H23N3O. The molecule has 2 N–H and O–H groups in total. The van der Waals surface area contributed by atoms with Gasteiger partial charge in [-0.25, -0.2) is 4.98 Å². The Balaban J connectivity index is 1.86. The van der Waals surface area contributed by atoms with Gasteiger partial charge < -0.3 is 10.6 Å². The molecule has 1 aliphatic heterocycles. The van der Waals surface area contributed by atoms with Crippen LogP contribution < -0.4 is 10.6 Å². The molecule has 0 unspecified atom stereocenters. The average Bonchev–Trinajstić information content (AvgIpc) is 2.74. The molecule has 0 bridgehead atoms. The van der Waals surface area contributed by atoms with Crippen LogP contribution >= 0.6 is 0 Å². The summed E-state index contributed by atoms with van der Waals surface area (Å²) in [6, 6.07) is 20.2. The molecule has 0 saturated carbocycles. The number of benzene rings is 2. The summed E-state index contributed by atoms with van der Waals surface area (Å²) in [5, 5.41) is 0. The van der Waals surface area contributed by atoms with Gasteiger partial charge in [-0.1, -0.05) is 48.5 Å². The molecule has 1 aromatic heterocycles. The number of primary amides is 1. The molecule has 0 radical (unpaired) electrons. The second-order valence-electron chi connectivity index (χ2n) is 6.92. The van der Waals surface area contributed by atoms with Crippen LogP contribution in [0.3, 0.4) is 0 Å². The third kappa shape index (κ3) is 3.56. The lowest BCUT2D eigenvalue weighted by Crippen LogP contribution is -2.31. The summed E-state index contributed by atoms with van der Waals surface area (Å²) in [5.41, 5.74) is 10.3. The molecule has 1 amide bonds.